The van der Waals surface area contributed by atoms with Crippen molar-refractivity contribution in [1.82, 2.24) is 9.80 Å². The molecule has 1 saturated heterocycles. The molecule has 1 aliphatic heterocycles. The molecule has 0 amide bonds. The van der Waals surface area contributed by atoms with Crippen molar-refractivity contribution < 1.29 is 0 Å². The minimum absolute atomic E-state index is 0.377. The van der Waals surface area contributed by atoms with Crippen LogP contribution in [0.25, 0.3) is 0 Å². The predicted molar refractivity (Wildman–Crippen MR) is 47.5 cm³/mol. The molecule has 0 spiro atoms. The van der Waals surface area contributed by atoms with E-state index in [0.29, 0.717) is 12.0 Å². The molecule has 0 saturated carbocycles. The van der Waals surface area contributed by atoms with Gasteiger partial charge in [0, 0.05) is 31.6 Å². The van der Waals surface area contributed by atoms with Gasteiger partial charge in [-0.05, 0) is 21.1 Å². The van der Waals surface area contributed by atoms with Crippen LogP contribution < -0.4 is 5.73 Å². The maximum atomic E-state index is 5.95. The Hall–Kier alpha value is -0.120. The maximum absolute atomic E-state index is 5.95. The number of likely N-dealkylation sites (tertiary alicyclic amines) is 1. The van der Waals surface area contributed by atoms with Crippen LogP contribution in [0.4, 0.5) is 0 Å². The molecule has 0 bridgehead atoms. The maximum Gasteiger partial charge on any atom is 0.0221 e. The lowest BCUT2D eigenvalue weighted by Gasteiger charge is -2.18. The van der Waals surface area contributed by atoms with Crippen LogP contribution in [0.2, 0.25) is 0 Å². The van der Waals surface area contributed by atoms with Crippen LogP contribution in [0.5, 0.6) is 0 Å². The van der Waals surface area contributed by atoms with Crippen molar-refractivity contribution in [2.24, 2.45) is 11.7 Å². The molecule has 0 radical (unpaired) electrons. The molecule has 0 aromatic rings. The molecule has 2 atom stereocenters. The van der Waals surface area contributed by atoms with E-state index in [2.05, 4.69) is 30.9 Å². The molecule has 0 aromatic carbocycles. The summed E-state index contributed by atoms with van der Waals surface area (Å²) in [6.45, 7) is 3.32. The third-order valence-electron chi connectivity index (χ3n) is 2.27. The Kier molecular flexibility index (Phi) is 2.87. The monoisotopic (exact) mass is 157 g/mol. The molecule has 11 heavy (non-hydrogen) atoms. The SMILES string of the molecule is CN(C)C[C@@H]1CN(C)C[C@H]1N. The van der Waals surface area contributed by atoms with Gasteiger partial charge in [0.2, 0.25) is 0 Å². The summed E-state index contributed by atoms with van der Waals surface area (Å²) in [4.78, 5) is 4.52. The summed E-state index contributed by atoms with van der Waals surface area (Å²) in [6, 6.07) is 0.377. The second kappa shape index (κ2) is 3.52. The summed E-state index contributed by atoms with van der Waals surface area (Å²) < 4.78 is 0. The van der Waals surface area contributed by atoms with Crippen LogP contribution in [-0.4, -0.2) is 56.6 Å². The van der Waals surface area contributed by atoms with Gasteiger partial charge in [0.1, 0.15) is 0 Å². The topological polar surface area (TPSA) is 32.5 Å². The Labute approximate surface area is 69.1 Å². The van der Waals surface area contributed by atoms with Crippen molar-refractivity contribution in [3.8, 4) is 0 Å². The van der Waals surface area contributed by atoms with Crippen molar-refractivity contribution in [3.63, 3.8) is 0 Å². The lowest BCUT2D eigenvalue weighted by molar-refractivity contribution is 0.308. The van der Waals surface area contributed by atoms with Gasteiger partial charge in [-0.25, -0.2) is 0 Å². The molecular weight excluding hydrogens is 138 g/mol. The standard InChI is InChI=1S/C8H19N3/c1-10(2)4-7-5-11(3)6-8(7)9/h7-8H,4-6,9H2,1-3H3/t7-,8-/m1/s1. The number of hydrogen-bond acceptors (Lipinski definition) is 3. The first-order valence-electron chi connectivity index (χ1n) is 4.18. The van der Waals surface area contributed by atoms with Crippen molar-refractivity contribution in [2.75, 3.05) is 40.8 Å². The third kappa shape index (κ3) is 2.43. The minimum Gasteiger partial charge on any atom is -0.326 e. The molecule has 1 heterocycles. The predicted octanol–water partition coefficient (Wildman–Crippen LogP) is -0.563. The fourth-order valence-electron chi connectivity index (χ4n) is 1.78. The molecule has 2 N–H and O–H groups in total. The highest BCUT2D eigenvalue weighted by Crippen LogP contribution is 2.13. The van der Waals surface area contributed by atoms with E-state index < -0.39 is 0 Å². The van der Waals surface area contributed by atoms with E-state index >= 15 is 0 Å². The first kappa shape index (κ1) is 8.97. The van der Waals surface area contributed by atoms with E-state index in [1.165, 1.54) is 0 Å². The van der Waals surface area contributed by atoms with Crippen molar-refractivity contribution in [3.05, 3.63) is 0 Å². The lowest BCUT2D eigenvalue weighted by atomic mass is 10.0. The fourth-order valence-corrected chi connectivity index (χ4v) is 1.78. The molecule has 66 valence electrons. The van der Waals surface area contributed by atoms with Crippen LogP contribution in [0, 0.1) is 5.92 Å². The Morgan fingerprint density at radius 1 is 1.45 bits per heavy atom. The van der Waals surface area contributed by atoms with Crippen molar-refractivity contribution >= 4 is 0 Å². The van der Waals surface area contributed by atoms with Crippen LogP contribution in [0.15, 0.2) is 0 Å². The smallest absolute Gasteiger partial charge is 0.0221 e. The van der Waals surface area contributed by atoms with Gasteiger partial charge in [-0.3, -0.25) is 0 Å². The number of rotatable bonds is 2. The largest absolute Gasteiger partial charge is 0.326 e. The molecule has 1 fully saturated rings. The van der Waals surface area contributed by atoms with Gasteiger partial charge in [-0.15, -0.1) is 0 Å². The van der Waals surface area contributed by atoms with Gasteiger partial charge in [0.25, 0.3) is 0 Å². The van der Waals surface area contributed by atoms with Gasteiger partial charge in [0.15, 0.2) is 0 Å². The summed E-state index contributed by atoms with van der Waals surface area (Å²) in [5.41, 5.74) is 5.95. The summed E-state index contributed by atoms with van der Waals surface area (Å²) in [5.74, 6) is 0.662. The highest BCUT2D eigenvalue weighted by Gasteiger charge is 2.27. The zero-order valence-electron chi connectivity index (χ0n) is 7.75. The number of hydrogen-bond donors (Lipinski definition) is 1. The first-order chi connectivity index (χ1) is 5.09. The van der Waals surface area contributed by atoms with E-state index in [1.807, 2.05) is 0 Å². The van der Waals surface area contributed by atoms with Crippen molar-refractivity contribution in [2.45, 2.75) is 6.04 Å². The van der Waals surface area contributed by atoms with Gasteiger partial charge < -0.3 is 15.5 Å². The molecule has 3 nitrogen and oxygen atoms in total. The highest BCUT2D eigenvalue weighted by molar-refractivity contribution is 4.86. The van der Waals surface area contributed by atoms with Crippen LogP contribution >= 0.6 is 0 Å². The van der Waals surface area contributed by atoms with Crippen LogP contribution in [0.1, 0.15) is 0 Å². The van der Waals surface area contributed by atoms with Crippen LogP contribution in [-0.2, 0) is 0 Å². The Balaban J connectivity index is 2.34. The molecule has 1 rings (SSSR count). The highest BCUT2D eigenvalue weighted by atomic mass is 15.2. The first-order valence-corrected chi connectivity index (χ1v) is 4.18. The fraction of sp³-hybridized carbons (Fsp3) is 1.00. The number of nitrogens with zero attached hydrogens (tertiary/aromatic N) is 2. The van der Waals surface area contributed by atoms with Gasteiger partial charge in [-0.2, -0.15) is 0 Å². The molecule has 0 unspecified atom stereocenters. The lowest BCUT2D eigenvalue weighted by Crippen LogP contribution is -2.35. The Morgan fingerprint density at radius 3 is 2.45 bits per heavy atom. The molecule has 0 aliphatic carbocycles. The third-order valence-corrected chi connectivity index (χ3v) is 2.27. The van der Waals surface area contributed by atoms with E-state index in [1.54, 1.807) is 0 Å². The molecule has 1 aliphatic rings. The molecule has 0 aromatic heterocycles. The average Bonchev–Trinajstić information content (AvgIpc) is 2.09. The van der Waals surface area contributed by atoms with E-state index in [9.17, 15) is 0 Å². The summed E-state index contributed by atoms with van der Waals surface area (Å²) in [7, 11) is 6.34. The summed E-state index contributed by atoms with van der Waals surface area (Å²) >= 11 is 0. The van der Waals surface area contributed by atoms with E-state index in [0.717, 1.165) is 19.6 Å². The van der Waals surface area contributed by atoms with Gasteiger partial charge >= 0.3 is 0 Å². The quantitative estimate of drug-likeness (QED) is 0.583. The van der Waals surface area contributed by atoms with E-state index in [-0.39, 0.29) is 0 Å². The Morgan fingerprint density at radius 2 is 2.09 bits per heavy atom. The average molecular weight is 157 g/mol. The van der Waals surface area contributed by atoms with Crippen molar-refractivity contribution in [1.29, 1.82) is 0 Å². The molecular formula is C8H19N3. The molecule has 3 heteroatoms. The second-order valence-electron chi connectivity index (χ2n) is 3.91. The second-order valence-corrected chi connectivity index (χ2v) is 3.91. The van der Waals surface area contributed by atoms with Crippen LogP contribution in [0.3, 0.4) is 0 Å². The zero-order chi connectivity index (χ0) is 8.43. The van der Waals surface area contributed by atoms with Gasteiger partial charge in [-0.1, -0.05) is 0 Å². The zero-order valence-corrected chi connectivity index (χ0v) is 7.75. The number of nitrogens with two attached hydrogens (primary N) is 1. The summed E-state index contributed by atoms with van der Waals surface area (Å²) in [6.07, 6.45) is 0. The van der Waals surface area contributed by atoms with Gasteiger partial charge in [0.05, 0.1) is 0 Å². The minimum atomic E-state index is 0.377. The summed E-state index contributed by atoms with van der Waals surface area (Å²) in [5, 5.41) is 0. The Bertz CT molecular complexity index is 125. The van der Waals surface area contributed by atoms with E-state index in [4.69, 9.17) is 5.73 Å². The number of likely N-dealkylation sites (N-methyl/N-ethyl adjacent to an activating group) is 1. The normalized spacial score (nSPS) is 33.5.